The lowest BCUT2D eigenvalue weighted by Gasteiger charge is -2.12. The molecule has 0 fully saturated rings. The number of halogens is 1. The van der Waals surface area contributed by atoms with Crippen molar-refractivity contribution in [2.75, 3.05) is 0 Å². The first-order valence-corrected chi connectivity index (χ1v) is 6.62. The summed E-state index contributed by atoms with van der Waals surface area (Å²) in [6.45, 7) is 0. The van der Waals surface area contributed by atoms with Crippen molar-refractivity contribution in [1.29, 1.82) is 0 Å². The molecule has 1 atom stereocenters. The number of carboxylic acid groups (broad SMARTS) is 1. The van der Waals surface area contributed by atoms with Crippen LogP contribution in [0.1, 0.15) is 10.8 Å². The van der Waals surface area contributed by atoms with Crippen LogP contribution >= 0.6 is 23.4 Å². The molecule has 1 N–H and O–H groups in total. The van der Waals surface area contributed by atoms with Gasteiger partial charge in [-0.15, -0.1) is 11.8 Å². The van der Waals surface area contributed by atoms with E-state index < -0.39 is 11.2 Å². The van der Waals surface area contributed by atoms with Gasteiger partial charge in [-0.2, -0.15) is 0 Å². The molecular weight excluding hydrogens is 268 g/mol. The van der Waals surface area contributed by atoms with Gasteiger partial charge in [0.2, 0.25) is 0 Å². The minimum absolute atomic E-state index is 0.604. The average Bonchev–Trinajstić information content (AvgIpc) is 2.38. The predicted octanol–water partition coefficient (Wildman–Crippen LogP) is 4.26. The van der Waals surface area contributed by atoms with Gasteiger partial charge in [-0.05, 0) is 29.8 Å². The number of hydrogen-bond acceptors (Lipinski definition) is 2. The Morgan fingerprint density at radius 1 is 1.06 bits per heavy atom. The highest BCUT2D eigenvalue weighted by Gasteiger charge is 2.20. The minimum Gasteiger partial charge on any atom is -0.480 e. The smallest absolute Gasteiger partial charge is 0.321 e. The number of carboxylic acids is 1. The number of hydrogen-bond donors (Lipinski definition) is 1. The van der Waals surface area contributed by atoms with E-state index in [4.69, 9.17) is 11.6 Å². The van der Waals surface area contributed by atoms with Crippen molar-refractivity contribution in [2.45, 2.75) is 10.1 Å². The lowest BCUT2D eigenvalue weighted by Crippen LogP contribution is -2.07. The summed E-state index contributed by atoms with van der Waals surface area (Å²) < 4.78 is 0. The van der Waals surface area contributed by atoms with E-state index in [1.165, 1.54) is 11.8 Å². The highest BCUT2D eigenvalue weighted by Crippen LogP contribution is 2.35. The third-order valence-corrected chi connectivity index (χ3v) is 3.90. The van der Waals surface area contributed by atoms with Crippen molar-refractivity contribution in [3.8, 4) is 0 Å². The molecule has 0 amide bonds. The van der Waals surface area contributed by atoms with Crippen LogP contribution in [0.3, 0.4) is 0 Å². The van der Waals surface area contributed by atoms with E-state index in [1.54, 1.807) is 12.1 Å². The predicted molar refractivity (Wildman–Crippen MR) is 74.1 cm³/mol. The van der Waals surface area contributed by atoms with Gasteiger partial charge in [0.15, 0.2) is 0 Å². The van der Waals surface area contributed by atoms with E-state index in [0.29, 0.717) is 5.02 Å². The molecule has 2 aromatic carbocycles. The fourth-order valence-electron chi connectivity index (χ4n) is 1.54. The Balaban J connectivity index is 2.22. The SMILES string of the molecule is O=C(O)[C@@H](Sc1ccc(Cl)cc1)c1ccccc1. The zero-order valence-electron chi connectivity index (χ0n) is 9.42. The molecule has 2 aromatic rings. The molecule has 0 saturated carbocycles. The molecule has 0 radical (unpaired) electrons. The Labute approximate surface area is 115 Å². The lowest BCUT2D eigenvalue weighted by atomic mass is 10.1. The molecule has 0 heterocycles. The van der Waals surface area contributed by atoms with Crippen LogP contribution in [0.15, 0.2) is 59.5 Å². The van der Waals surface area contributed by atoms with Crippen LogP contribution in [0.2, 0.25) is 5.02 Å². The lowest BCUT2D eigenvalue weighted by molar-refractivity contribution is -0.136. The Kier molecular flexibility index (Phi) is 4.28. The third-order valence-electron chi connectivity index (χ3n) is 2.39. The number of thioether (sulfide) groups is 1. The normalized spacial score (nSPS) is 12.1. The van der Waals surface area contributed by atoms with Crippen LogP contribution in [0, 0.1) is 0 Å². The number of benzene rings is 2. The molecule has 0 bridgehead atoms. The Morgan fingerprint density at radius 2 is 1.67 bits per heavy atom. The first-order chi connectivity index (χ1) is 8.66. The summed E-state index contributed by atoms with van der Waals surface area (Å²) in [4.78, 5) is 12.2. The maximum absolute atomic E-state index is 11.3. The van der Waals surface area contributed by atoms with E-state index in [1.807, 2.05) is 42.5 Å². The second-order valence-corrected chi connectivity index (χ2v) is 5.32. The van der Waals surface area contributed by atoms with Crippen LogP contribution < -0.4 is 0 Å². The third kappa shape index (κ3) is 3.28. The minimum atomic E-state index is -0.846. The molecule has 0 aliphatic heterocycles. The van der Waals surface area contributed by atoms with Gasteiger partial charge < -0.3 is 5.11 Å². The molecule has 4 heteroatoms. The van der Waals surface area contributed by atoms with Gasteiger partial charge in [0.1, 0.15) is 5.25 Å². The maximum Gasteiger partial charge on any atom is 0.321 e. The average molecular weight is 279 g/mol. The van der Waals surface area contributed by atoms with Crippen molar-refractivity contribution >= 4 is 29.3 Å². The molecular formula is C14H11ClO2S. The first kappa shape index (κ1) is 13.0. The first-order valence-electron chi connectivity index (χ1n) is 5.37. The second-order valence-electron chi connectivity index (χ2n) is 3.70. The fraction of sp³-hybridized carbons (Fsp3) is 0.0714. The standard InChI is InChI=1S/C14H11ClO2S/c15-11-6-8-12(9-7-11)18-13(14(16)17)10-4-2-1-3-5-10/h1-9,13H,(H,16,17)/t13-/m0/s1. The number of aliphatic carboxylic acids is 1. The number of rotatable bonds is 4. The molecule has 0 aliphatic carbocycles. The van der Waals surface area contributed by atoms with Crippen molar-refractivity contribution in [3.63, 3.8) is 0 Å². The van der Waals surface area contributed by atoms with E-state index in [-0.39, 0.29) is 0 Å². The van der Waals surface area contributed by atoms with Crippen LogP contribution in [0.5, 0.6) is 0 Å². The highest BCUT2D eigenvalue weighted by molar-refractivity contribution is 8.00. The molecule has 0 aliphatic rings. The zero-order valence-corrected chi connectivity index (χ0v) is 11.0. The van der Waals surface area contributed by atoms with Gasteiger partial charge in [-0.25, -0.2) is 0 Å². The summed E-state index contributed by atoms with van der Waals surface area (Å²) in [5, 5.41) is 9.34. The van der Waals surface area contributed by atoms with E-state index in [9.17, 15) is 9.90 Å². The molecule has 92 valence electrons. The van der Waals surface area contributed by atoms with Gasteiger partial charge >= 0.3 is 5.97 Å². The van der Waals surface area contributed by atoms with Crippen LogP contribution in [0.4, 0.5) is 0 Å². The van der Waals surface area contributed by atoms with Crippen molar-refractivity contribution in [2.24, 2.45) is 0 Å². The van der Waals surface area contributed by atoms with Gasteiger partial charge in [0, 0.05) is 9.92 Å². The highest BCUT2D eigenvalue weighted by atomic mass is 35.5. The van der Waals surface area contributed by atoms with Gasteiger partial charge in [0.05, 0.1) is 0 Å². The van der Waals surface area contributed by atoms with Crippen LogP contribution in [-0.2, 0) is 4.79 Å². The largest absolute Gasteiger partial charge is 0.480 e. The molecule has 0 aromatic heterocycles. The van der Waals surface area contributed by atoms with Crippen molar-refractivity contribution < 1.29 is 9.90 Å². The Bertz CT molecular complexity index is 525. The Morgan fingerprint density at radius 3 is 2.22 bits per heavy atom. The summed E-state index contributed by atoms with van der Waals surface area (Å²) in [6, 6.07) is 16.4. The maximum atomic E-state index is 11.3. The van der Waals surface area contributed by atoms with Crippen LogP contribution in [0.25, 0.3) is 0 Å². The molecule has 2 rings (SSSR count). The van der Waals surface area contributed by atoms with Crippen molar-refractivity contribution in [3.05, 3.63) is 65.2 Å². The fourth-order valence-corrected chi connectivity index (χ4v) is 2.62. The van der Waals surface area contributed by atoms with Crippen molar-refractivity contribution in [1.82, 2.24) is 0 Å². The molecule has 0 unspecified atom stereocenters. The van der Waals surface area contributed by atoms with E-state index in [2.05, 4.69) is 0 Å². The van der Waals surface area contributed by atoms with Gasteiger partial charge in [-0.3, -0.25) is 4.79 Å². The van der Waals surface area contributed by atoms with E-state index >= 15 is 0 Å². The topological polar surface area (TPSA) is 37.3 Å². The number of carbonyl (C=O) groups is 1. The molecule has 0 spiro atoms. The monoisotopic (exact) mass is 278 g/mol. The summed E-state index contributed by atoms with van der Waals surface area (Å²) in [6.07, 6.45) is 0. The zero-order chi connectivity index (χ0) is 13.0. The second kappa shape index (κ2) is 5.94. The van der Waals surface area contributed by atoms with E-state index in [0.717, 1.165) is 10.5 Å². The molecule has 0 saturated heterocycles. The van der Waals surface area contributed by atoms with Crippen LogP contribution in [-0.4, -0.2) is 11.1 Å². The summed E-state index contributed by atoms with van der Waals surface area (Å²) in [5.74, 6) is -0.846. The summed E-state index contributed by atoms with van der Waals surface area (Å²) in [5.41, 5.74) is 0.782. The summed E-state index contributed by atoms with van der Waals surface area (Å²) in [7, 11) is 0. The van der Waals surface area contributed by atoms with Gasteiger partial charge in [-0.1, -0.05) is 41.9 Å². The van der Waals surface area contributed by atoms with Gasteiger partial charge in [0.25, 0.3) is 0 Å². The Hall–Kier alpha value is -1.45. The molecule has 18 heavy (non-hydrogen) atoms. The molecule has 2 nitrogen and oxygen atoms in total. The quantitative estimate of drug-likeness (QED) is 0.849. The summed E-state index contributed by atoms with van der Waals surface area (Å²) >= 11 is 7.10.